The second-order valence-electron chi connectivity index (χ2n) is 4.58. The first-order valence-electron chi connectivity index (χ1n) is 4.42. The van der Waals surface area contributed by atoms with E-state index in [1.165, 1.54) is 12.1 Å². The van der Waals surface area contributed by atoms with Crippen LogP contribution < -0.4 is 5.73 Å². The van der Waals surface area contributed by atoms with Crippen molar-refractivity contribution in [2.75, 3.05) is 5.73 Å². The Morgan fingerprint density at radius 3 is 2.38 bits per heavy atom. The fourth-order valence-corrected chi connectivity index (χ4v) is 1.30. The van der Waals surface area contributed by atoms with E-state index in [0.717, 1.165) is 12.0 Å². The van der Waals surface area contributed by atoms with Crippen molar-refractivity contribution in [3.05, 3.63) is 29.6 Å². The zero-order valence-electron chi connectivity index (χ0n) is 8.39. The molecule has 72 valence electrons. The molecule has 0 heterocycles. The maximum absolute atomic E-state index is 12.7. The summed E-state index contributed by atoms with van der Waals surface area (Å²) in [6.07, 6.45) is 0.874. The highest BCUT2D eigenvalue weighted by Crippen LogP contribution is 2.24. The van der Waals surface area contributed by atoms with E-state index in [1.807, 2.05) is 0 Å². The van der Waals surface area contributed by atoms with Crippen molar-refractivity contribution in [3.63, 3.8) is 0 Å². The average Bonchev–Trinajstić information content (AvgIpc) is 1.93. The second kappa shape index (κ2) is 3.36. The molecule has 1 nitrogen and oxygen atoms in total. The van der Waals surface area contributed by atoms with Gasteiger partial charge in [-0.3, -0.25) is 0 Å². The Kier molecular flexibility index (Phi) is 2.60. The molecule has 1 aromatic rings. The molecule has 0 bridgehead atoms. The van der Waals surface area contributed by atoms with Gasteiger partial charge in [-0.1, -0.05) is 26.8 Å². The van der Waals surface area contributed by atoms with Crippen LogP contribution in [0.2, 0.25) is 0 Å². The van der Waals surface area contributed by atoms with Crippen LogP contribution in [0.5, 0.6) is 0 Å². The van der Waals surface area contributed by atoms with Crippen molar-refractivity contribution in [3.8, 4) is 0 Å². The molecule has 0 amide bonds. The van der Waals surface area contributed by atoms with Crippen LogP contribution in [-0.2, 0) is 6.42 Å². The fourth-order valence-electron chi connectivity index (χ4n) is 1.30. The van der Waals surface area contributed by atoms with Crippen molar-refractivity contribution in [1.29, 1.82) is 0 Å². The van der Waals surface area contributed by atoms with E-state index in [-0.39, 0.29) is 11.2 Å². The number of benzene rings is 1. The predicted molar refractivity (Wildman–Crippen MR) is 54.0 cm³/mol. The summed E-state index contributed by atoms with van der Waals surface area (Å²) in [7, 11) is 0. The average molecular weight is 181 g/mol. The monoisotopic (exact) mass is 181 g/mol. The molecule has 0 aliphatic rings. The van der Waals surface area contributed by atoms with Gasteiger partial charge < -0.3 is 5.73 Å². The first kappa shape index (κ1) is 10.0. The van der Waals surface area contributed by atoms with Crippen molar-refractivity contribution in [2.45, 2.75) is 27.2 Å². The Balaban J connectivity index is 2.90. The van der Waals surface area contributed by atoms with Crippen LogP contribution in [0.3, 0.4) is 0 Å². The summed E-state index contributed by atoms with van der Waals surface area (Å²) in [5, 5.41) is 0. The number of anilines is 1. The van der Waals surface area contributed by atoms with Crippen molar-refractivity contribution in [2.24, 2.45) is 5.41 Å². The van der Waals surface area contributed by atoms with E-state index in [4.69, 9.17) is 5.73 Å². The van der Waals surface area contributed by atoms with Gasteiger partial charge in [0.05, 0.1) is 0 Å². The summed E-state index contributed by atoms with van der Waals surface area (Å²) in [5.74, 6) is -0.268. The molecule has 0 aliphatic carbocycles. The largest absolute Gasteiger partial charge is 0.398 e. The molecule has 0 aliphatic heterocycles. The first-order valence-corrected chi connectivity index (χ1v) is 4.42. The lowest BCUT2D eigenvalue weighted by molar-refractivity contribution is 0.411. The van der Waals surface area contributed by atoms with Crippen LogP contribution in [0.4, 0.5) is 10.1 Å². The lowest BCUT2D eigenvalue weighted by Gasteiger charge is -2.19. The van der Waals surface area contributed by atoms with Crippen LogP contribution in [-0.4, -0.2) is 0 Å². The number of nitrogen functional groups attached to an aromatic ring is 1. The van der Waals surface area contributed by atoms with Crippen LogP contribution in [0.1, 0.15) is 26.3 Å². The number of hydrogen-bond donors (Lipinski definition) is 1. The van der Waals surface area contributed by atoms with Crippen LogP contribution in [0.15, 0.2) is 18.2 Å². The summed E-state index contributed by atoms with van der Waals surface area (Å²) < 4.78 is 12.7. The lowest BCUT2D eigenvalue weighted by atomic mass is 9.87. The lowest BCUT2D eigenvalue weighted by Crippen LogP contribution is -2.10. The smallest absolute Gasteiger partial charge is 0.125 e. The summed E-state index contributed by atoms with van der Waals surface area (Å²) >= 11 is 0. The van der Waals surface area contributed by atoms with Gasteiger partial charge >= 0.3 is 0 Å². The molecule has 13 heavy (non-hydrogen) atoms. The summed E-state index contributed by atoms with van der Waals surface area (Å²) in [6, 6.07) is 4.59. The van der Waals surface area contributed by atoms with Crippen molar-refractivity contribution in [1.82, 2.24) is 0 Å². The molecule has 0 atom stereocenters. The van der Waals surface area contributed by atoms with E-state index in [1.54, 1.807) is 6.07 Å². The summed E-state index contributed by atoms with van der Waals surface area (Å²) in [6.45, 7) is 6.40. The molecule has 0 saturated carbocycles. The predicted octanol–water partition coefficient (Wildman–Crippen LogP) is 3.00. The Bertz CT molecular complexity index is 299. The Hall–Kier alpha value is -1.05. The molecular weight excluding hydrogens is 165 g/mol. The first-order chi connectivity index (χ1) is 5.88. The van der Waals surface area contributed by atoms with Gasteiger partial charge in [0.1, 0.15) is 5.82 Å². The SMILES string of the molecule is CC(C)(C)Cc1ccc(F)cc1N. The quantitative estimate of drug-likeness (QED) is 0.662. The molecular formula is C11H16FN. The maximum atomic E-state index is 12.7. The Morgan fingerprint density at radius 2 is 1.92 bits per heavy atom. The third-order valence-corrected chi connectivity index (χ3v) is 1.83. The van der Waals surface area contributed by atoms with Gasteiger partial charge in [0.2, 0.25) is 0 Å². The van der Waals surface area contributed by atoms with Gasteiger partial charge in [-0.05, 0) is 29.5 Å². The number of nitrogens with two attached hydrogens (primary N) is 1. The molecule has 0 aromatic heterocycles. The highest BCUT2D eigenvalue weighted by Gasteiger charge is 2.13. The number of halogens is 1. The van der Waals surface area contributed by atoms with Crippen molar-refractivity contribution >= 4 is 5.69 Å². The minimum Gasteiger partial charge on any atom is -0.398 e. The van der Waals surface area contributed by atoms with E-state index in [0.29, 0.717) is 5.69 Å². The number of hydrogen-bond acceptors (Lipinski definition) is 1. The third kappa shape index (κ3) is 3.05. The Morgan fingerprint density at radius 1 is 1.31 bits per heavy atom. The minimum atomic E-state index is -0.268. The van der Waals surface area contributed by atoms with Crippen LogP contribution >= 0.6 is 0 Å². The number of rotatable bonds is 1. The summed E-state index contributed by atoms with van der Waals surface area (Å²) in [4.78, 5) is 0. The summed E-state index contributed by atoms with van der Waals surface area (Å²) in [5.41, 5.74) is 7.45. The van der Waals surface area contributed by atoms with Gasteiger partial charge in [0.25, 0.3) is 0 Å². The molecule has 0 spiro atoms. The van der Waals surface area contributed by atoms with Gasteiger partial charge in [-0.2, -0.15) is 0 Å². The normalized spacial score (nSPS) is 11.7. The molecule has 1 rings (SSSR count). The topological polar surface area (TPSA) is 26.0 Å². The third-order valence-electron chi connectivity index (χ3n) is 1.83. The van der Waals surface area contributed by atoms with E-state index >= 15 is 0 Å². The van der Waals surface area contributed by atoms with Crippen LogP contribution in [0, 0.1) is 11.2 Å². The van der Waals surface area contributed by atoms with E-state index < -0.39 is 0 Å². The van der Waals surface area contributed by atoms with E-state index in [9.17, 15) is 4.39 Å². The molecule has 2 N–H and O–H groups in total. The minimum absolute atomic E-state index is 0.186. The Labute approximate surface area is 78.8 Å². The van der Waals surface area contributed by atoms with Crippen LogP contribution in [0.25, 0.3) is 0 Å². The second-order valence-corrected chi connectivity index (χ2v) is 4.58. The van der Waals surface area contributed by atoms with E-state index in [2.05, 4.69) is 20.8 Å². The van der Waals surface area contributed by atoms with Gasteiger partial charge in [0, 0.05) is 5.69 Å². The van der Waals surface area contributed by atoms with Gasteiger partial charge in [0.15, 0.2) is 0 Å². The highest BCUT2D eigenvalue weighted by atomic mass is 19.1. The standard InChI is InChI=1S/C11H16FN/c1-11(2,3)7-8-4-5-9(12)6-10(8)13/h4-6H,7,13H2,1-3H3. The molecule has 0 fully saturated rings. The molecule has 0 saturated heterocycles. The van der Waals surface area contributed by atoms with Gasteiger partial charge in [-0.25, -0.2) is 4.39 Å². The zero-order valence-corrected chi connectivity index (χ0v) is 8.39. The highest BCUT2D eigenvalue weighted by molar-refractivity contribution is 5.47. The molecule has 1 aromatic carbocycles. The van der Waals surface area contributed by atoms with Crippen molar-refractivity contribution < 1.29 is 4.39 Å². The van der Waals surface area contributed by atoms with Gasteiger partial charge in [-0.15, -0.1) is 0 Å². The maximum Gasteiger partial charge on any atom is 0.125 e. The molecule has 2 heteroatoms. The molecule has 0 radical (unpaired) electrons. The molecule has 0 unspecified atom stereocenters. The fraction of sp³-hybridized carbons (Fsp3) is 0.455. The zero-order chi connectivity index (χ0) is 10.1.